The predicted molar refractivity (Wildman–Crippen MR) is 57.2 cm³/mol. The molecule has 0 saturated heterocycles. The molecule has 15 heavy (non-hydrogen) atoms. The zero-order valence-electron chi connectivity index (χ0n) is 7.83. The van der Waals surface area contributed by atoms with Crippen LogP contribution in [0.5, 0.6) is 0 Å². The van der Waals surface area contributed by atoms with Gasteiger partial charge in [0.15, 0.2) is 0 Å². The lowest BCUT2D eigenvalue weighted by molar-refractivity contribution is 0.171. The van der Waals surface area contributed by atoms with Gasteiger partial charge < -0.3 is 4.74 Å². The summed E-state index contributed by atoms with van der Waals surface area (Å²) in [5, 5.41) is 3.50. The van der Waals surface area contributed by atoms with Crippen molar-refractivity contribution in [2.45, 2.75) is 0 Å². The maximum absolute atomic E-state index is 13.1. The van der Waals surface area contributed by atoms with Crippen LogP contribution in [0.15, 0.2) is 27.8 Å². The molecular weight excluding hydrogens is 267 g/mol. The first-order valence-corrected chi connectivity index (χ1v) is 4.75. The second kappa shape index (κ2) is 5.45. The molecule has 0 heterocycles. The number of hydrogen-bond acceptors (Lipinski definition) is 3. The van der Waals surface area contributed by atoms with Crippen LogP contribution in [0.25, 0.3) is 0 Å². The monoisotopic (exact) mass is 274 g/mol. The van der Waals surface area contributed by atoms with Gasteiger partial charge in [0.2, 0.25) is 0 Å². The third kappa shape index (κ3) is 3.67. The third-order valence-electron chi connectivity index (χ3n) is 1.50. The van der Waals surface area contributed by atoms with Crippen molar-refractivity contribution < 1.29 is 13.9 Å². The van der Waals surface area contributed by atoms with Gasteiger partial charge in [0.05, 0.1) is 13.3 Å². The smallest absolute Gasteiger partial charge is 0.427 e. The van der Waals surface area contributed by atoms with Crippen molar-refractivity contribution >= 4 is 28.2 Å². The Morgan fingerprint density at radius 3 is 3.07 bits per heavy atom. The Morgan fingerprint density at radius 2 is 2.40 bits per heavy atom. The number of benzene rings is 1. The van der Waals surface area contributed by atoms with E-state index in [2.05, 4.69) is 31.2 Å². The highest BCUT2D eigenvalue weighted by Crippen LogP contribution is 2.13. The second-order valence-electron chi connectivity index (χ2n) is 2.53. The first-order valence-electron chi connectivity index (χ1n) is 3.95. The minimum Gasteiger partial charge on any atom is -0.452 e. The van der Waals surface area contributed by atoms with Crippen molar-refractivity contribution in [1.82, 2.24) is 5.43 Å². The van der Waals surface area contributed by atoms with Crippen molar-refractivity contribution in [2.24, 2.45) is 5.10 Å². The van der Waals surface area contributed by atoms with Crippen LogP contribution in [-0.4, -0.2) is 19.4 Å². The molecular formula is C9H8BrFN2O2. The van der Waals surface area contributed by atoms with Gasteiger partial charge in [-0.3, -0.25) is 0 Å². The minimum absolute atomic E-state index is 0.265. The van der Waals surface area contributed by atoms with Crippen LogP contribution in [0, 0.1) is 5.82 Å². The lowest BCUT2D eigenvalue weighted by Gasteiger charge is -1.98. The largest absolute Gasteiger partial charge is 0.452 e. The van der Waals surface area contributed by atoms with Crippen molar-refractivity contribution in [3.63, 3.8) is 0 Å². The van der Waals surface area contributed by atoms with Gasteiger partial charge in [-0.25, -0.2) is 14.6 Å². The zero-order valence-corrected chi connectivity index (χ0v) is 9.42. The topological polar surface area (TPSA) is 50.7 Å². The molecule has 0 radical (unpaired) electrons. The molecule has 80 valence electrons. The second-order valence-corrected chi connectivity index (χ2v) is 3.44. The molecule has 4 nitrogen and oxygen atoms in total. The molecule has 0 atom stereocenters. The number of methoxy groups -OCH3 is 1. The molecule has 0 bridgehead atoms. The van der Waals surface area contributed by atoms with Crippen LogP contribution in [0.4, 0.5) is 9.18 Å². The summed E-state index contributed by atoms with van der Waals surface area (Å²) in [7, 11) is 1.21. The van der Waals surface area contributed by atoms with Crippen LogP contribution in [0.1, 0.15) is 5.56 Å². The Balaban J connectivity index is 2.71. The molecule has 1 rings (SSSR count). The molecule has 1 N–H and O–H groups in total. The molecule has 0 aliphatic carbocycles. The fourth-order valence-electron chi connectivity index (χ4n) is 0.814. The first-order chi connectivity index (χ1) is 7.13. The van der Waals surface area contributed by atoms with Crippen molar-refractivity contribution in [1.29, 1.82) is 0 Å². The molecule has 1 aromatic carbocycles. The fraction of sp³-hybridized carbons (Fsp3) is 0.111. The molecule has 0 aliphatic heterocycles. The molecule has 0 saturated carbocycles. The van der Waals surface area contributed by atoms with E-state index >= 15 is 0 Å². The number of carbonyl (C=O) groups excluding carboxylic acids is 1. The average Bonchev–Trinajstić information content (AvgIpc) is 2.23. The third-order valence-corrected chi connectivity index (χ3v) is 2.00. The lowest BCUT2D eigenvalue weighted by Crippen LogP contribution is -2.16. The van der Waals surface area contributed by atoms with Crippen LogP contribution in [0.3, 0.4) is 0 Å². The van der Waals surface area contributed by atoms with Gasteiger partial charge >= 0.3 is 6.09 Å². The molecule has 0 unspecified atom stereocenters. The van der Waals surface area contributed by atoms with E-state index in [1.165, 1.54) is 25.5 Å². The summed E-state index contributed by atoms with van der Waals surface area (Å²) < 4.78 is 18.1. The maximum Gasteiger partial charge on any atom is 0.427 e. The highest BCUT2D eigenvalue weighted by Gasteiger charge is 2.00. The first kappa shape index (κ1) is 11.6. The fourth-order valence-corrected chi connectivity index (χ4v) is 1.19. The van der Waals surface area contributed by atoms with E-state index in [1.54, 1.807) is 6.07 Å². The van der Waals surface area contributed by atoms with E-state index in [0.29, 0.717) is 0 Å². The van der Waals surface area contributed by atoms with Crippen LogP contribution in [-0.2, 0) is 4.74 Å². The molecule has 0 spiro atoms. The standard InChI is InChI=1S/C9H8BrFN2O2/c1-15-9(14)13-12-5-6-4-7(10)2-3-8(6)11/h2-5H,1H3,(H,13,14). The number of nitrogens with one attached hydrogen (secondary N) is 1. The summed E-state index contributed by atoms with van der Waals surface area (Å²) in [4.78, 5) is 10.6. The van der Waals surface area contributed by atoms with Crippen LogP contribution < -0.4 is 5.43 Å². The number of hydrazone groups is 1. The predicted octanol–water partition coefficient (Wildman–Crippen LogP) is 2.28. The van der Waals surface area contributed by atoms with E-state index in [1.807, 2.05) is 0 Å². The number of ether oxygens (including phenoxy) is 1. The molecule has 0 fully saturated rings. The van der Waals surface area contributed by atoms with Gasteiger partial charge in [-0.05, 0) is 18.2 Å². The Morgan fingerprint density at radius 1 is 1.67 bits per heavy atom. The van der Waals surface area contributed by atoms with Crippen LogP contribution >= 0.6 is 15.9 Å². The summed E-state index contributed by atoms with van der Waals surface area (Å²) in [6.45, 7) is 0. The summed E-state index contributed by atoms with van der Waals surface area (Å²) in [5.41, 5.74) is 2.32. The van der Waals surface area contributed by atoms with E-state index < -0.39 is 11.9 Å². The number of amides is 1. The van der Waals surface area contributed by atoms with Crippen molar-refractivity contribution in [3.8, 4) is 0 Å². The molecule has 0 aromatic heterocycles. The van der Waals surface area contributed by atoms with Gasteiger partial charge in [-0.2, -0.15) is 5.10 Å². The van der Waals surface area contributed by atoms with Gasteiger partial charge in [-0.15, -0.1) is 0 Å². The highest BCUT2D eigenvalue weighted by molar-refractivity contribution is 9.10. The highest BCUT2D eigenvalue weighted by atomic mass is 79.9. The number of nitrogens with zero attached hydrogens (tertiary/aromatic N) is 1. The minimum atomic E-state index is -0.707. The van der Waals surface area contributed by atoms with Gasteiger partial charge in [0.1, 0.15) is 5.82 Å². The Kier molecular flexibility index (Phi) is 4.23. The summed E-state index contributed by atoms with van der Waals surface area (Å²) in [6, 6.07) is 4.40. The number of carbonyl (C=O) groups is 1. The number of rotatable bonds is 2. The van der Waals surface area contributed by atoms with Gasteiger partial charge in [-0.1, -0.05) is 15.9 Å². The number of halogens is 2. The summed E-state index contributed by atoms with van der Waals surface area (Å²) >= 11 is 3.19. The van der Waals surface area contributed by atoms with E-state index in [9.17, 15) is 9.18 Å². The van der Waals surface area contributed by atoms with Crippen LogP contribution in [0.2, 0.25) is 0 Å². The van der Waals surface area contributed by atoms with Gasteiger partial charge in [0, 0.05) is 10.0 Å². The van der Waals surface area contributed by atoms with Crippen molar-refractivity contribution in [3.05, 3.63) is 34.1 Å². The Hall–Kier alpha value is -1.43. The molecule has 1 amide bonds. The number of hydrogen-bond donors (Lipinski definition) is 1. The Labute approximate surface area is 94.2 Å². The Bertz CT molecular complexity index is 396. The summed E-state index contributed by atoms with van der Waals surface area (Å²) in [5.74, 6) is -0.423. The zero-order chi connectivity index (χ0) is 11.3. The average molecular weight is 275 g/mol. The molecule has 6 heteroatoms. The SMILES string of the molecule is COC(=O)NN=Cc1cc(Br)ccc1F. The van der Waals surface area contributed by atoms with E-state index in [4.69, 9.17) is 0 Å². The maximum atomic E-state index is 13.1. The van der Waals surface area contributed by atoms with Gasteiger partial charge in [0.25, 0.3) is 0 Å². The van der Waals surface area contributed by atoms with E-state index in [0.717, 1.165) is 4.47 Å². The van der Waals surface area contributed by atoms with E-state index in [-0.39, 0.29) is 5.56 Å². The molecule has 0 aliphatic rings. The normalized spacial score (nSPS) is 10.3. The summed E-state index contributed by atoms with van der Waals surface area (Å²) in [6.07, 6.45) is 0.485. The quantitative estimate of drug-likeness (QED) is 0.665. The van der Waals surface area contributed by atoms with Crippen molar-refractivity contribution in [2.75, 3.05) is 7.11 Å². The molecule has 1 aromatic rings. The lowest BCUT2D eigenvalue weighted by atomic mass is 10.2.